The summed E-state index contributed by atoms with van der Waals surface area (Å²) in [5.41, 5.74) is 1.10. The largest absolute Gasteiger partial charge is 0.369 e. The zero-order valence-electron chi connectivity index (χ0n) is 18.8. The van der Waals surface area contributed by atoms with Gasteiger partial charge < -0.3 is 15.2 Å². The van der Waals surface area contributed by atoms with Crippen molar-refractivity contribution in [2.24, 2.45) is 0 Å². The van der Waals surface area contributed by atoms with E-state index < -0.39 is 21.5 Å². The Morgan fingerprint density at radius 3 is 2.26 bits per heavy atom. The number of rotatable bonds is 5. The van der Waals surface area contributed by atoms with Crippen LogP contribution in [0.3, 0.4) is 0 Å². The van der Waals surface area contributed by atoms with Crippen LogP contribution in [0, 0.1) is 0 Å². The van der Waals surface area contributed by atoms with E-state index in [9.17, 15) is 18.0 Å². The third kappa shape index (κ3) is 4.68. The van der Waals surface area contributed by atoms with Crippen LogP contribution in [0.25, 0.3) is 10.8 Å². The average Bonchev–Trinajstić information content (AvgIpc) is 2.89. The summed E-state index contributed by atoms with van der Waals surface area (Å²) >= 11 is 0. The maximum absolute atomic E-state index is 13.2. The molecule has 1 aromatic heterocycles. The zero-order valence-corrected chi connectivity index (χ0v) is 19.7. The molecule has 0 radical (unpaired) electrons. The molecule has 2 heterocycles. The highest BCUT2D eigenvalue weighted by Crippen LogP contribution is 2.25. The van der Waals surface area contributed by atoms with Gasteiger partial charge in [0.2, 0.25) is 10.0 Å². The number of aromatic amines is 1. The second kappa shape index (κ2) is 9.36. The van der Waals surface area contributed by atoms with Crippen molar-refractivity contribution in [1.29, 1.82) is 0 Å². The summed E-state index contributed by atoms with van der Waals surface area (Å²) in [6, 6.07) is 23.3. The summed E-state index contributed by atoms with van der Waals surface area (Å²) in [6.45, 7) is 1.87. The summed E-state index contributed by atoms with van der Waals surface area (Å²) in [7, 11) is -3.58. The maximum atomic E-state index is 13.2. The van der Waals surface area contributed by atoms with Crippen LogP contribution in [-0.4, -0.2) is 49.8 Å². The van der Waals surface area contributed by atoms with Gasteiger partial charge in [-0.25, -0.2) is 8.42 Å². The lowest BCUT2D eigenvalue weighted by atomic mass is 10.1. The molecule has 4 aromatic rings. The lowest BCUT2D eigenvalue weighted by Crippen LogP contribution is -2.48. The van der Waals surface area contributed by atoms with E-state index in [1.807, 2.05) is 42.5 Å². The number of fused-ring (bicyclic) bond motifs is 1. The first-order valence-electron chi connectivity index (χ1n) is 11.2. The zero-order chi connectivity index (χ0) is 24.4. The van der Waals surface area contributed by atoms with Crippen LogP contribution < -0.4 is 15.8 Å². The normalized spacial score (nSPS) is 14.7. The maximum Gasteiger partial charge on any atom is 0.261 e. The van der Waals surface area contributed by atoms with Crippen molar-refractivity contribution in [3.63, 3.8) is 0 Å². The van der Waals surface area contributed by atoms with E-state index in [2.05, 4.69) is 15.2 Å². The van der Waals surface area contributed by atoms with Crippen molar-refractivity contribution in [3.05, 3.63) is 101 Å². The molecule has 0 unspecified atom stereocenters. The molecule has 3 aromatic carbocycles. The predicted octanol–water partition coefficient (Wildman–Crippen LogP) is 3.29. The predicted molar refractivity (Wildman–Crippen MR) is 136 cm³/mol. The van der Waals surface area contributed by atoms with E-state index in [0.29, 0.717) is 36.8 Å². The fourth-order valence-corrected chi connectivity index (χ4v) is 5.68. The average molecular weight is 489 g/mol. The Bertz CT molecular complexity index is 1540. The summed E-state index contributed by atoms with van der Waals surface area (Å²) in [6.07, 6.45) is 1.47. The van der Waals surface area contributed by atoms with E-state index >= 15 is 0 Å². The molecule has 2 N–H and O–H groups in total. The Morgan fingerprint density at radius 2 is 1.54 bits per heavy atom. The summed E-state index contributed by atoms with van der Waals surface area (Å²) in [5.74, 6) is -0.480. The van der Waals surface area contributed by atoms with Crippen LogP contribution in [0.15, 0.2) is 94.7 Å². The van der Waals surface area contributed by atoms with Gasteiger partial charge in [0.1, 0.15) is 5.56 Å². The standard InChI is InChI=1S/C26H24N4O4S/c31-25-24(6-3-13-27-25)26(32)28-21-8-10-22(11-9-21)29-14-16-30(17-15-29)35(33,34)23-12-7-19-4-1-2-5-20(19)18-23/h1-13,18H,14-17H2,(H,27,31)(H,28,32). The minimum Gasteiger partial charge on any atom is -0.369 e. The highest BCUT2D eigenvalue weighted by Gasteiger charge is 2.28. The molecular weight excluding hydrogens is 464 g/mol. The van der Waals surface area contributed by atoms with E-state index in [1.165, 1.54) is 16.6 Å². The van der Waals surface area contributed by atoms with Crippen LogP contribution in [-0.2, 0) is 10.0 Å². The Kier molecular flexibility index (Phi) is 6.10. The minimum atomic E-state index is -3.58. The molecule has 1 fully saturated rings. The SMILES string of the molecule is O=C(Nc1ccc(N2CCN(S(=O)(=O)c3ccc4ccccc4c3)CC2)cc1)c1ccc[nH]c1=O. The summed E-state index contributed by atoms with van der Waals surface area (Å²) in [5, 5.41) is 4.63. The second-order valence-corrected chi connectivity index (χ2v) is 10.3. The molecule has 0 spiro atoms. The van der Waals surface area contributed by atoms with Gasteiger partial charge in [-0.05, 0) is 59.3 Å². The Balaban J connectivity index is 1.23. The van der Waals surface area contributed by atoms with Crippen LogP contribution in [0.1, 0.15) is 10.4 Å². The van der Waals surface area contributed by atoms with Crippen molar-refractivity contribution in [3.8, 4) is 0 Å². The third-order valence-electron chi connectivity index (χ3n) is 6.15. The number of aromatic nitrogens is 1. The minimum absolute atomic E-state index is 0.0420. The summed E-state index contributed by atoms with van der Waals surface area (Å²) in [4.78, 5) is 29.0. The molecule has 8 nitrogen and oxygen atoms in total. The molecule has 0 aliphatic carbocycles. The van der Waals surface area contributed by atoms with Gasteiger partial charge in [-0.2, -0.15) is 4.31 Å². The summed E-state index contributed by atoms with van der Waals surface area (Å²) < 4.78 is 27.9. The van der Waals surface area contributed by atoms with Gasteiger partial charge in [0, 0.05) is 43.8 Å². The molecule has 0 bridgehead atoms. The van der Waals surface area contributed by atoms with Gasteiger partial charge in [0.05, 0.1) is 4.90 Å². The van der Waals surface area contributed by atoms with Crippen molar-refractivity contribution in [1.82, 2.24) is 9.29 Å². The number of carbonyl (C=O) groups is 1. The number of H-pyrrole nitrogens is 1. The first-order chi connectivity index (χ1) is 16.9. The van der Waals surface area contributed by atoms with E-state index in [1.54, 1.807) is 30.3 Å². The van der Waals surface area contributed by atoms with E-state index in [0.717, 1.165) is 16.5 Å². The van der Waals surface area contributed by atoms with Gasteiger partial charge in [-0.1, -0.05) is 30.3 Å². The Hall–Kier alpha value is -3.95. The van der Waals surface area contributed by atoms with E-state index in [-0.39, 0.29) is 5.56 Å². The number of nitrogens with zero attached hydrogens (tertiary/aromatic N) is 2. The van der Waals surface area contributed by atoms with Gasteiger partial charge in [0.15, 0.2) is 0 Å². The number of anilines is 2. The fourth-order valence-electron chi connectivity index (χ4n) is 4.22. The lowest BCUT2D eigenvalue weighted by molar-refractivity contribution is 0.102. The molecule has 1 saturated heterocycles. The molecule has 5 rings (SSSR count). The number of carbonyl (C=O) groups excluding carboxylic acids is 1. The first-order valence-corrected chi connectivity index (χ1v) is 12.7. The number of hydrogen-bond acceptors (Lipinski definition) is 5. The smallest absolute Gasteiger partial charge is 0.261 e. The Labute approximate surface area is 202 Å². The number of nitrogens with one attached hydrogen (secondary N) is 2. The van der Waals surface area contributed by atoms with Gasteiger partial charge in [-0.3, -0.25) is 9.59 Å². The van der Waals surface area contributed by atoms with Crippen molar-refractivity contribution in [2.45, 2.75) is 4.90 Å². The fraction of sp³-hybridized carbons (Fsp3) is 0.154. The second-order valence-electron chi connectivity index (χ2n) is 8.31. The Morgan fingerprint density at radius 1 is 0.829 bits per heavy atom. The highest BCUT2D eigenvalue weighted by atomic mass is 32.2. The molecular formula is C26H24N4O4S. The van der Waals surface area contributed by atoms with Crippen LogP contribution >= 0.6 is 0 Å². The van der Waals surface area contributed by atoms with Crippen LogP contribution in [0.5, 0.6) is 0 Å². The first kappa shape index (κ1) is 22.8. The van der Waals surface area contributed by atoms with Crippen molar-refractivity contribution < 1.29 is 13.2 Å². The molecule has 9 heteroatoms. The number of hydrogen-bond donors (Lipinski definition) is 2. The number of pyridine rings is 1. The number of benzene rings is 3. The number of piperazine rings is 1. The van der Waals surface area contributed by atoms with Crippen molar-refractivity contribution in [2.75, 3.05) is 36.4 Å². The molecule has 35 heavy (non-hydrogen) atoms. The van der Waals surface area contributed by atoms with Crippen molar-refractivity contribution >= 4 is 38.1 Å². The molecule has 1 aliphatic rings. The number of sulfonamides is 1. The molecule has 178 valence electrons. The highest BCUT2D eigenvalue weighted by molar-refractivity contribution is 7.89. The lowest BCUT2D eigenvalue weighted by Gasteiger charge is -2.35. The monoisotopic (exact) mass is 488 g/mol. The topological polar surface area (TPSA) is 103 Å². The molecule has 0 atom stereocenters. The quantitative estimate of drug-likeness (QED) is 0.449. The molecule has 0 saturated carbocycles. The van der Waals surface area contributed by atoms with Crippen LogP contribution in [0.2, 0.25) is 0 Å². The van der Waals surface area contributed by atoms with Gasteiger partial charge in [0.25, 0.3) is 11.5 Å². The molecule has 1 amide bonds. The number of amides is 1. The van der Waals surface area contributed by atoms with Gasteiger partial charge >= 0.3 is 0 Å². The molecule has 1 aliphatic heterocycles. The van der Waals surface area contributed by atoms with E-state index in [4.69, 9.17) is 0 Å². The van der Waals surface area contributed by atoms with Gasteiger partial charge in [-0.15, -0.1) is 0 Å². The third-order valence-corrected chi connectivity index (χ3v) is 8.05. The van der Waals surface area contributed by atoms with Crippen LogP contribution in [0.4, 0.5) is 11.4 Å².